The lowest BCUT2D eigenvalue weighted by atomic mass is 10.1. The first-order chi connectivity index (χ1) is 7.20. The molecule has 0 aliphatic heterocycles. The van der Waals surface area contributed by atoms with Gasteiger partial charge in [0.1, 0.15) is 10.8 Å². The van der Waals surface area contributed by atoms with Crippen molar-refractivity contribution in [3.05, 3.63) is 38.9 Å². The van der Waals surface area contributed by atoms with Crippen LogP contribution in [0, 0.1) is 5.82 Å². The molecule has 0 saturated carbocycles. The second kappa shape index (κ2) is 4.38. The Balaban J connectivity index is 2.44. The maximum absolute atomic E-state index is 13.6. The van der Waals surface area contributed by atoms with E-state index in [4.69, 9.17) is 5.73 Å². The summed E-state index contributed by atoms with van der Waals surface area (Å²) in [6.07, 6.45) is 0. The van der Waals surface area contributed by atoms with Gasteiger partial charge in [-0.25, -0.2) is 9.37 Å². The van der Waals surface area contributed by atoms with Crippen LogP contribution in [0.3, 0.4) is 0 Å². The Hall–Kier alpha value is -0.780. The van der Waals surface area contributed by atoms with Crippen molar-refractivity contribution in [3.63, 3.8) is 0 Å². The van der Waals surface area contributed by atoms with Crippen LogP contribution in [0.2, 0.25) is 0 Å². The molecule has 1 heterocycles. The summed E-state index contributed by atoms with van der Waals surface area (Å²) in [7, 11) is 0. The van der Waals surface area contributed by atoms with Gasteiger partial charge in [0.05, 0.1) is 5.69 Å². The van der Waals surface area contributed by atoms with Gasteiger partial charge < -0.3 is 5.73 Å². The molecule has 0 spiro atoms. The average molecular weight is 287 g/mol. The van der Waals surface area contributed by atoms with Crippen molar-refractivity contribution in [1.29, 1.82) is 0 Å². The Morgan fingerprint density at radius 2 is 2.27 bits per heavy atom. The molecule has 2 aromatic rings. The lowest BCUT2D eigenvalue weighted by molar-refractivity contribution is 0.630. The Morgan fingerprint density at radius 3 is 2.87 bits per heavy atom. The van der Waals surface area contributed by atoms with Gasteiger partial charge >= 0.3 is 0 Å². The minimum absolute atomic E-state index is 0.279. The van der Waals surface area contributed by atoms with E-state index in [1.165, 1.54) is 17.4 Å². The highest BCUT2D eigenvalue weighted by Gasteiger charge is 2.08. The largest absolute Gasteiger partial charge is 0.325 e. The zero-order valence-electron chi connectivity index (χ0n) is 7.71. The zero-order chi connectivity index (χ0) is 10.8. The highest BCUT2D eigenvalue weighted by atomic mass is 79.9. The molecule has 0 saturated heterocycles. The molecule has 0 bridgehead atoms. The van der Waals surface area contributed by atoms with Crippen LogP contribution in [-0.2, 0) is 6.54 Å². The fourth-order valence-corrected chi connectivity index (χ4v) is 2.23. The predicted octanol–water partition coefficient (Wildman–Crippen LogP) is 3.17. The maximum atomic E-state index is 13.6. The minimum Gasteiger partial charge on any atom is -0.325 e. The molecule has 2 nitrogen and oxygen atoms in total. The molecule has 78 valence electrons. The first-order valence-corrected chi connectivity index (χ1v) is 5.98. The van der Waals surface area contributed by atoms with Crippen LogP contribution in [0.15, 0.2) is 28.1 Å². The molecule has 2 N–H and O–H groups in total. The lowest BCUT2D eigenvalue weighted by Crippen LogP contribution is -1.95. The number of rotatable bonds is 2. The normalized spacial score (nSPS) is 10.6. The lowest BCUT2D eigenvalue weighted by Gasteiger charge is -1.99. The van der Waals surface area contributed by atoms with Crippen molar-refractivity contribution >= 4 is 27.3 Å². The number of benzene rings is 1. The van der Waals surface area contributed by atoms with Crippen LogP contribution in [0.5, 0.6) is 0 Å². The summed E-state index contributed by atoms with van der Waals surface area (Å²) >= 11 is 4.65. The highest BCUT2D eigenvalue weighted by molar-refractivity contribution is 9.10. The van der Waals surface area contributed by atoms with Crippen molar-refractivity contribution in [3.8, 4) is 11.3 Å². The summed E-state index contributed by atoms with van der Waals surface area (Å²) in [6.45, 7) is 0.392. The molecule has 1 aromatic carbocycles. The molecule has 0 aliphatic rings. The van der Waals surface area contributed by atoms with E-state index < -0.39 is 0 Å². The van der Waals surface area contributed by atoms with Gasteiger partial charge in [0.2, 0.25) is 0 Å². The number of nitrogens with zero attached hydrogens (tertiary/aromatic N) is 1. The summed E-state index contributed by atoms with van der Waals surface area (Å²) in [5.74, 6) is -0.279. The summed E-state index contributed by atoms with van der Waals surface area (Å²) in [4.78, 5) is 4.23. The predicted molar refractivity (Wildman–Crippen MR) is 63.1 cm³/mol. The third kappa shape index (κ3) is 2.25. The molecule has 2 rings (SSSR count). The Morgan fingerprint density at radius 1 is 1.47 bits per heavy atom. The fraction of sp³-hybridized carbons (Fsp3) is 0.100. The van der Waals surface area contributed by atoms with Crippen molar-refractivity contribution in [2.75, 3.05) is 0 Å². The van der Waals surface area contributed by atoms with Crippen molar-refractivity contribution in [2.45, 2.75) is 6.54 Å². The number of hydrogen-bond donors (Lipinski definition) is 1. The summed E-state index contributed by atoms with van der Waals surface area (Å²) in [5.41, 5.74) is 6.60. The topological polar surface area (TPSA) is 38.9 Å². The van der Waals surface area contributed by atoms with Crippen molar-refractivity contribution in [1.82, 2.24) is 4.98 Å². The SMILES string of the molecule is NCc1nc(-c2ccc(Br)cc2F)cs1. The molecule has 15 heavy (non-hydrogen) atoms. The standard InChI is InChI=1S/C10H8BrFN2S/c11-6-1-2-7(8(12)3-6)9-5-15-10(4-13)14-9/h1-3,5H,4,13H2. The Kier molecular flexibility index (Phi) is 3.14. The number of thiazole rings is 1. The minimum atomic E-state index is -0.279. The molecule has 1 aromatic heterocycles. The molecule has 0 atom stereocenters. The second-order valence-electron chi connectivity index (χ2n) is 2.95. The number of hydrogen-bond acceptors (Lipinski definition) is 3. The Bertz CT molecular complexity index is 484. The van der Waals surface area contributed by atoms with Crippen LogP contribution >= 0.6 is 27.3 Å². The zero-order valence-corrected chi connectivity index (χ0v) is 10.1. The molecule has 0 amide bonds. The molecule has 5 heteroatoms. The summed E-state index contributed by atoms with van der Waals surface area (Å²) in [5, 5.41) is 2.63. The monoisotopic (exact) mass is 286 g/mol. The van der Waals surface area contributed by atoms with Gasteiger partial charge in [-0.15, -0.1) is 11.3 Å². The molecular formula is C10H8BrFN2S. The van der Waals surface area contributed by atoms with E-state index in [0.29, 0.717) is 17.8 Å². The smallest absolute Gasteiger partial charge is 0.133 e. The van der Waals surface area contributed by atoms with Crippen molar-refractivity contribution in [2.24, 2.45) is 5.73 Å². The highest BCUT2D eigenvalue weighted by Crippen LogP contribution is 2.26. The van der Waals surface area contributed by atoms with Crippen molar-refractivity contribution < 1.29 is 4.39 Å². The van der Waals surface area contributed by atoms with E-state index in [1.807, 2.05) is 5.38 Å². The first kappa shape index (κ1) is 10.7. The van der Waals surface area contributed by atoms with Gasteiger partial charge in [0.25, 0.3) is 0 Å². The van der Waals surface area contributed by atoms with E-state index >= 15 is 0 Å². The van der Waals surface area contributed by atoms with E-state index in [2.05, 4.69) is 20.9 Å². The number of aromatic nitrogens is 1. The first-order valence-electron chi connectivity index (χ1n) is 4.30. The summed E-state index contributed by atoms with van der Waals surface area (Å²) in [6, 6.07) is 4.92. The molecular weight excluding hydrogens is 279 g/mol. The Labute approximate surface area is 99.1 Å². The second-order valence-corrected chi connectivity index (χ2v) is 4.81. The van der Waals surface area contributed by atoms with E-state index in [-0.39, 0.29) is 5.82 Å². The number of halogens is 2. The van der Waals surface area contributed by atoms with E-state index in [9.17, 15) is 4.39 Å². The third-order valence-corrected chi connectivity index (χ3v) is 3.30. The van der Waals surface area contributed by atoms with Gasteiger partial charge in [0.15, 0.2) is 0 Å². The van der Waals surface area contributed by atoms with E-state index in [1.54, 1.807) is 12.1 Å². The summed E-state index contributed by atoms with van der Waals surface area (Å²) < 4.78 is 14.3. The van der Waals surface area contributed by atoms with Crippen LogP contribution < -0.4 is 5.73 Å². The van der Waals surface area contributed by atoms with Gasteiger partial charge in [-0.2, -0.15) is 0 Å². The van der Waals surface area contributed by atoms with Crippen LogP contribution in [0.1, 0.15) is 5.01 Å². The van der Waals surface area contributed by atoms with Gasteiger partial charge in [-0.3, -0.25) is 0 Å². The van der Waals surface area contributed by atoms with Gasteiger partial charge in [-0.05, 0) is 18.2 Å². The number of nitrogens with two attached hydrogens (primary N) is 1. The quantitative estimate of drug-likeness (QED) is 0.921. The average Bonchev–Trinajstić information content (AvgIpc) is 2.66. The molecule has 0 unspecified atom stereocenters. The molecule has 0 fully saturated rings. The fourth-order valence-electron chi connectivity index (χ4n) is 1.23. The van der Waals surface area contributed by atoms with Crippen LogP contribution in [0.4, 0.5) is 4.39 Å². The molecule has 0 aliphatic carbocycles. The third-order valence-electron chi connectivity index (χ3n) is 1.93. The van der Waals surface area contributed by atoms with Crippen LogP contribution in [0.25, 0.3) is 11.3 Å². The van der Waals surface area contributed by atoms with Gasteiger partial charge in [-0.1, -0.05) is 15.9 Å². The van der Waals surface area contributed by atoms with Gasteiger partial charge in [0, 0.05) is 22.0 Å². The van der Waals surface area contributed by atoms with Crippen LogP contribution in [-0.4, -0.2) is 4.98 Å². The maximum Gasteiger partial charge on any atom is 0.133 e. The molecule has 0 radical (unpaired) electrons. The van der Waals surface area contributed by atoms with E-state index in [0.717, 1.165) is 9.48 Å².